The quantitative estimate of drug-likeness (QED) is 0.514. The lowest BCUT2D eigenvalue weighted by Gasteiger charge is -2.20. The van der Waals surface area contributed by atoms with E-state index in [0.29, 0.717) is 16.4 Å². The summed E-state index contributed by atoms with van der Waals surface area (Å²) in [6.07, 6.45) is 1.35. The van der Waals surface area contributed by atoms with Crippen LogP contribution >= 0.6 is 11.3 Å². The molecule has 0 unspecified atom stereocenters. The molecule has 162 valence electrons. The van der Waals surface area contributed by atoms with Crippen molar-refractivity contribution in [1.82, 2.24) is 10.3 Å². The molecule has 8 nitrogen and oxygen atoms in total. The van der Waals surface area contributed by atoms with E-state index in [1.54, 1.807) is 37.4 Å². The third-order valence-electron chi connectivity index (χ3n) is 4.19. The number of halogens is 1. The van der Waals surface area contributed by atoms with E-state index in [4.69, 9.17) is 9.15 Å². The maximum absolute atomic E-state index is 13.0. The van der Waals surface area contributed by atoms with Crippen molar-refractivity contribution in [1.29, 1.82) is 0 Å². The van der Waals surface area contributed by atoms with Crippen LogP contribution in [-0.2, 0) is 14.3 Å². The standard InChI is InChI=1S/C21H20FN3O5S/c1-12(2)18(25-19(27)16-4-3-9-29-16)20(28)30-10-17(26)24-21-23-15(11-31-21)13-5-7-14(22)8-6-13/h3-9,11-12,18H,10H2,1-2H3,(H,25,27)(H,23,24,26)/t18-/m1/s1. The molecular formula is C21H20FN3O5S. The molecule has 3 aromatic rings. The lowest BCUT2D eigenvalue weighted by Crippen LogP contribution is -2.45. The largest absolute Gasteiger partial charge is 0.459 e. The zero-order valence-corrected chi connectivity index (χ0v) is 17.6. The molecule has 3 rings (SSSR count). The number of rotatable bonds is 8. The molecule has 2 heterocycles. The Bertz CT molecular complexity index is 1050. The highest BCUT2D eigenvalue weighted by molar-refractivity contribution is 7.14. The Morgan fingerprint density at radius 1 is 1.19 bits per heavy atom. The number of aromatic nitrogens is 1. The van der Waals surface area contributed by atoms with E-state index in [2.05, 4.69) is 15.6 Å². The van der Waals surface area contributed by atoms with Crippen LogP contribution in [0.2, 0.25) is 0 Å². The summed E-state index contributed by atoms with van der Waals surface area (Å²) in [5.74, 6) is -2.43. The molecule has 0 aliphatic heterocycles. The summed E-state index contributed by atoms with van der Waals surface area (Å²) in [6, 6.07) is 7.89. The fourth-order valence-electron chi connectivity index (χ4n) is 2.58. The van der Waals surface area contributed by atoms with Crippen LogP contribution in [0.4, 0.5) is 9.52 Å². The highest BCUT2D eigenvalue weighted by Crippen LogP contribution is 2.25. The van der Waals surface area contributed by atoms with Gasteiger partial charge in [0.25, 0.3) is 11.8 Å². The molecule has 1 aromatic carbocycles. The van der Waals surface area contributed by atoms with E-state index in [1.165, 1.54) is 35.8 Å². The zero-order valence-electron chi connectivity index (χ0n) is 16.8. The predicted molar refractivity (Wildman–Crippen MR) is 112 cm³/mol. The van der Waals surface area contributed by atoms with Gasteiger partial charge in [-0.2, -0.15) is 0 Å². The van der Waals surface area contributed by atoms with Gasteiger partial charge in [-0.15, -0.1) is 11.3 Å². The second-order valence-corrected chi connectivity index (χ2v) is 7.73. The highest BCUT2D eigenvalue weighted by Gasteiger charge is 2.27. The number of hydrogen-bond acceptors (Lipinski definition) is 7. The Labute approximate surface area is 181 Å². The topological polar surface area (TPSA) is 111 Å². The number of esters is 1. The first kappa shape index (κ1) is 22.2. The second-order valence-electron chi connectivity index (χ2n) is 6.87. The van der Waals surface area contributed by atoms with Crippen molar-refractivity contribution in [2.75, 3.05) is 11.9 Å². The van der Waals surface area contributed by atoms with Gasteiger partial charge in [0.1, 0.15) is 11.9 Å². The fraction of sp³-hybridized carbons (Fsp3) is 0.238. The molecule has 0 bridgehead atoms. The molecule has 2 aromatic heterocycles. The van der Waals surface area contributed by atoms with E-state index in [1.807, 2.05) is 0 Å². The summed E-state index contributed by atoms with van der Waals surface area (Å²) in [5, 5.41) is 7.11. The first-order chi connectivity index (χ1) is 14.8. The molecule has 2 amide bonds. The Morgan fingerprint density at radius 2 is 1.94 bits per heavy atom. The molecule has 0 saturated carbocycles. The number of carbonyl (C=O) groups excluding carboxylic acids is 3. The van der Waals surface area contributed by atoms with E-state index >= 15 is 0 Å². The van der Waals surface area contributed by atoms with Crippen molar-refractivity contribution in [3.05, 3.63) is 59.6 Å². The maximum atomic E-state index is 13.0. The summed E-state index contributed by atoms with van der Waals surface area (Å²) in [6.45, 7) is 2.94. The van der Waals surface area contributed by atoms with Crippen molar-refractivity contribution in [2.45, 2.75) is 19.9 Å². The summed E-state index contributed by atoms with van der Waals surface area (Å²) in [4.78, 5) is 40.9. The molecule has 10 heteroatoms. The van der Waals surface area contributed by atoms with Crippen LogP contribution in [0.1, 0.15) is 24.4 Å². The van der Waals surface area contributed by atoms with Crippen LogP contribution in [0, 0.1) is 11.7 Å². The third-order valence-corrected chi connectivity index (χ3v) is 4.95. The van der Waals surface area contributed by atoms with E-state index in [-0.39, 0.29) is 17.5 Å². The van der Waals surface area contributed by atoms with Crippen LogP contribution < -0.4 is 10.6 Å². The molecule has 2 N–H and O–H groups in total. The van der Waals surface area contributed by atoms with Crippen LogP contribution in [0.5, 0.6) is 0 Å². The minimum Gasteiger partial charge on any atom is -0.459 e. The lowest BCUT2D eigenvalue weighted by molar-refractivity contribution is -0.150. The van der Waals surface area contributed by atoms with Gasteiger partial charge in [0.05, 0.1) is 12.0 Å². The van der Waals surface area contributed by atoms with Gasteiger partial charge in [0.2, 0.25) is 0 Å². The molecule has 0 fully saturated rings. The van der Waals surface area contributed by atoms with Crippen molar-refractivity contribution in [2.24, 2.45) is 5.92 Å². The molecule has 1 atom stereocenters. The van der Waals surface area contributed by atoms with E-state index in [0.717, 1.165) is 0 Å². The minimum atomic E-state index is -0.949. The van der Waals surface area contributed by atoms with E-state index < -0.39 is 30.4 Å². The van der Waals surface area contributed by atoms with Crippen molar-refractivity contribution in [3.63, 3.8) is 0 Å². The number of anilines is 1. The fourth-order valence-corrected chi connectivity index (χ4v) is 3.32. The predicted octanol–water partition coefficient (Wildman–Crippen LogP) is 3.48. The number of nitrogens with zero attached hydrogens (tertiary/aromatic N) is 1. The molecule has 0 aliphatic carbocycles. The number of amides is 2. The average molecular weight is 445 g/mol. The number of benzene rings is 1. The first-order valence-electron chi connectivity index (χ1n) is 9.36. The number of furan rings is 1. The minimum absolute atomic E-state index is 0.0666. The third kappa shape index (κ3) is 5.98. The van der Waals surface area contributed by atoms with Gasteiger partial charge in [-0.1, -0.05) is 13.8 Å². The molecule has 0 spiro atoms. The molecule has 31 heavy (non-hydrogen) atoms. The van der Waals surface area contributed by atoms with Crippen LogP contribution in [0.25, 0.3) is 11.3 Å². The van der Waals surface area contributed by atoms with Crippen molar-refractivity contribution >= 4 is 34.3 Å². The maximum Gasteiger partial charge on any atom is 0.329 e. The lowest BCUT2D eigenvalue weighted by atomic mass is 10.0. The number of nitrogens with one attached hydrogen (secondary N) is 2. The molecule has 0 aliphatic rings. The summed E-state index contributed by atoms with van der Waals surface area (Å²) in [5.41, 5.74) is 1.29. The Hall–Kier alpha value is -3.53. The monoisotopic (exact) mass is 445 g/mol. The van der Waals surface area contributed by atoms with Crippen LogP contribution in [0.15, 0.2) is 52.5 Å². The van der Waals surface area contributed by atoms with Gasteiger partial charge in [0.15, 0.2) is 17.5 Å². The van der Waals surface area contributed by atoms with Crippen molar-refractivity contribution in [3.8, 4) is 11.3 Å². The normalized spacial score (nSPS) is 11.7. The van der Waals surface area contributed by atoms with Crippen LogP contribution in [0.3, 0.4) is 0 Å². The summed E-state index contributed by atoms with van der Waals surface area (Å²) < 4.78 is 23.1. The Balaban J connectivity index is 1.52. The van der Waals surface area contributed by atoms with Gasteiger partial charge >= 0.3 is 5.97 Å². The van der Waals surface area contributed by atoms with Gasteiger partial charge in [-0.25, -0.2) is 14.2 Å². The Morgan fingerprint density at radius 3 is 2.58 bits per heavy atom. The van der Waals surface area contributed by atoms with Gasteiger partial charge in [-0.3, -0.25) is 14.9 Å². The van der Waals surface area contributed by atoms with E-state index in [9.17, 15) is 18.8 Å². The first-order valence-corrected chi connectivity index (χ1v) is 10.2. The highest BCUT2D eigenvalue weighted by atomic mass is 32.1. The zero-order chi connectivity index (χ0) is 22.4. The van der Waals surface area contributed by atoms with Gasteiger partial charge in [-0.05, 0) is 42.3 Å². The van der Waals surface area contributed by atoms with Crippen LogP contribution in [-0.4, -0.2) is 35.4 Å². The second kappa shape index (κ2) is 9.98. The van der Waals surface area contributed by atoms with Gasteiger partial charge < -0.3 is 14.5 Å². The molecule has 0 radical (unpaired) electrons. The van der Waals surface area contributed by atoms with Crippen molar-refractivity contribution < 1.29 is 27.9 Å². The molecular weight excluding hydrogens is 425 g/mol. The number of carbonyl (C=O) groups is 3. The summed E-state index contributed by atoms with van der Waals surface area (Å²) >= 11 is 1.18. The number of hydrogen-bond donors (Lipinski definition) is 2. The molecule has 0 saturated heterocycles. The number of ether oxygens (including phenoxy) is 1. The smallest absolute Gasteiger partial charge is 0.329 e. The van der Waals surface area contributed by atoms with Gasteiger partial charge in [0, 0.05) is 10.9 Å². The SMILES string of the molecule is CC(C)[C@@H](NC(=O)c1ccco1)C(=O)OCC(=O)Nc1nc(-c2ccc(F)cc2)cs1. The average Bonchev–Trinajstić information content (AvgIpc) is 3.43. The Kier molecular flexibility index (Phi) is 7.14. The number of thiazole rings is 1. The summed E-state index contributed by atoms with van der Waals surface area (Å²) in [7, 11) is 0.